The van der Waals surface area contributed by atoms with Gasteiger partial charge in [-0.2, -0.15) is 5.10 Å². The van der Waals surface area contributed by atoms with Gasteiger partial charge in [0.15, 0.2) is 0 Å². The zero-order valence-corrected chi connectivity index (χ0v) is 15.2. The number of nitrogens with one attached hydrogen (secondary N) is 1. The summed E-state index contributed by atoms with van der Waals surface area (Å²) in [6.07, 6.45) is 2.68. The highest BCUT2D eigenvalue weighted by molar-refractivity contribution is 7.90. The fraction of sp³-hybridized carbons (Fsp3) is 0.412. The molecular weight excluding hydrogens is 326 g/mol. The summed E-state index contributed by atoms with van der Waals surface area (Å²) in [5.41, 5.74) is 3.31. The van der Waals surface area contributed by atoms with Gasteiger partial charge in [-0.3, -0.25) is 4.79 Å². The molecule has 2 aromatic rings. The summed E-state index contributed by atoms with van der Waals surface area (Å²) in [7, 11) is -3.11. The zero-order valence-electron chi connectivity index (χ0n) is 14.4. The number of benzene rings is 1. The zero-order chi connectivity index (χ0) is 17.9. The summed E-state index contributed by atoms with van der Waals surface area (Å²) < 4.78 is 24.1. The van der Waals surface area contributed by atoms with E-state index in [0.717, 1.165) is 23.2 Å². The van der Waals surface area contributed by atoms with Crippen LogP contribution >= 0.6 is 0 Å². The van der Waals surface area contributed by atoms with E-state index in [1.165, 1.54) is 6.20 Å². The summed E-state index contributed by atoms with van der Waals surface area (Å²) in [5, 5.41) is 7.01. The molecule has 0 aliphatic rings. The monoisotopic (exact) mass is 349 g/mol. The van der Waals surface area contributed by atoms with Crippen molar-refractivity contribution in [2.45, 2.75) is 26.7 Å². The number of sulfone groups is 1. The molecule has 1 aromatic heterocycles. The molecule has 7 heteroatoms. The van der Waals surface area contributed by atoms with Gasteiger partial charge in [0.05, 0.1) is 28.9 Å². The average molecular weight is 349 g/mol. The van der Waals surface area contributed by atoms with E-state index in [1.807, 2.05) is 45.0 Å². The number of hydrogen-bond donors (Lipinski definition) is 1. The maximum atomic E-state index is 12.4. The van der Waals surface area contributed by atoms with Crippen LogP contribution in [-0.4, -0.2) is 42.7 Å². The first-order chi connectivity index (χ1) is 11.2. The lowest BCUT2D eigenvalue weighted by atomic mass is 10.0. The quantitative estimate of drug-likeness (QED) is 0.866. The number of aryl methyl sites for hydroxylation is 1. The molecule has 0 aliphatic heterocycles. The lowest BCUT2D eigenvalue weighted by molar-refractivity contribution is 0.0955. The topological polar surface area (TPSA) is 81.1 Å². The Morgan fingerprint density at radius 2 is 1.88 bits per heavy atom. The third-order valence-electron chi connectivity index (χ3n) is 3.63. The maximum absolute atomic E-state index is 12.4. The lowest BCUT2D eigenvalue weighted by Crippen LogP contribution is -2.29. The molecule has 0 saturated heterocycles. The lowest BCUT2D eigenvalue weighted by Gasteiger charge is -2.13. The van der Waals surface area contributed by atoms with Crippen molar-refractivity contribution in [3.05, 3.63) is 47.3 Å². The molecule has 0 aliphatic carbocycles. The van der Waals surface area contributed by atoms with Crippen LogP contribution in [0.2, 0.25) is 0 Å². The second-order valence-electron chi connectivity index (χ2n) is 6.23. The van der Waals surface area contributed by atoms with Gasteiger partial charge in [-0.05, 0) is 25.0 Å². The average Bonchev–Trinajstić information content (AvgIpc) is 2.91. The number of nitrogens with zero attached hydrogens (tertiary/aromatic N) is 2. The molecule has 2 rings (SSSR count). The first-order valence-electron chi connectivity index (χ1n) is 7.80. The summed E-state index contributed by atoms with van der Waals surface area (Å²) in [6, 6.07) is 7.90. The molecule has 1 aromatic carbocycles. The second kappa shape index (κ2) is 7.17. The van der Waals surface area contributed by atoms with Gasteiger partial charge in [-0.1, -0.05) is 31.5 Å². The molecular formula is C17H23N3O3S. The fourth-order valence-corrected chi connectivity index (χ4v) is 2.90. The Bertz CT molecular complexity index is 821. The van der Waals surface area contributed by atoms with Gasteiger partial charge in [-0.25, -0.2) is 13.1 Å². The molecule has 0 atom stereocenters. The number of aromatic nitrogens is 2. The minimum atomic E-state index is -3.11. The molecule has 6 nitrogen and oxygen atoms in total. The summed E-state index contributed by atoms with van der Waals surface area (Å²) in [5.74, 6) is -0.299. The molecule has 0 fully saturated rings. The van der Waals surface area contributed by atoms with Crippen LogP contribution in [0.5, 0.6) is 0 Å². The molecule has 0 saturated carbocycles. The van der Waals surface area contributed by atoms with Crippen LogP contribution in [0.3, 0.4) is 0 Å². The number of carbonyl (C=O) groups is 1. The van der Waals surface area contributed by atoms with Gasteiger partial charge in [0.1, 0.15) is 9.84 Å². The Morgan fingerprint density at radius 3 is 2.42 bits per heavy atom. The molecule has 1 N–H and O–H groups in total. The van der Waals surface area contributed by atoms with Gasteiger partial charge < -0.3 is 5.32 Å². The van der Waals surface area contributed by atoms with E-state index in [9.17, 15) is 13.2 Å². The highest BCUT2D eigenvalue weighted by Crippen LogP contribution is 2.23. The molecule has 130 valence electrons. The standard InChI is InChI=1S/C17H23N3O3S/c1-12(2)16-15(17(21)18-9-10-24(4,22)23)11-19-20(16)14-7-5-13(3)6-8-14/h5-8,11-12H,9-10H2,1-4H3,(H,18,21). The summed E-state index contributed by atoms with van der Waals surface area (Å²) >= 11 is 0. The molecule has 1 amide bonds. The largest absolute Gasteiger partial charge is 0.351 e. The van der Waals surface area contributed by atoms with Crippen molar-refractivity contribution in [1.82, 2.24) is 15.1 Å². The fourth-order valence-electron chi connectivity index (χ4n) is 2.43. The van der Waals surface area contributed by atoms with E-state index in [2.05, 4.69) is 10.4 Å². The van der Waals surface area contributed by atoms with E-state index in [1.54, 1.807) is 4.68 Å². The Morgan fingerprint density at radius 1 is 1.25 bits per heavy atom. The number of amides is 1. The van der Waals surface area contributed by atoms with Crippen LogP contribution in [0.25, 0.3) is 5.69 Å². The molecule has 0 bridgehead atoms. The summed E-state index contributed by atoms with van der Waals surface area (Å²) in [6.45, 7) is 6.09. The normalized spacial score (nSPS) is 11.7. The maximum Gasteiger partial charge on any atom is 0.254 e. The number of hydrogen-bond acceptors (Lipinski definition) is 4. The Kier molecular flexibility index (Phi) is 5.43. The van der Waals surface area contributed by atoms with Crippen molar-refractivity contribution in [2.75, 3.05) is 18.6 Å². The molecule has 1 heterocycles. The van der Waals surface area contributed by atoms with E-state index in [-0.39, 0.29) is 24.1 Å². The van der Waals surface area contributed by atoms with Crippen molar-refractivity contribution < 1.29 is 13.2 Å². The van der Waals surface area contributed by atoms with E-state index in [0.29, 0.717) is 5.56 Å². The van der Waals surface area contributed by atoms with E-state index < -0.39 is 9.84 Å². The van der Waals surface area contributed by atoms with Crippen LogP contribution in [0, 0.1) is 6.92 Å². The van der Waals surface area contributed by atoms with Crippen LogP contribution in [0.1, 0.15) is 41.4 Å². The highest BCUT2D eigenvalue weighted by Gasteiger charge is 2.20. The highest BCUT2D eigenvalue weighted by atomic mass is 32.2. The van der Waals surface area contributed by atoms with E-state index >= 15 is 0 Å². The second-order valence-corrected chi connectivity index (χ2v) is 8.49. The van der Waals surface area contributed by atoms with Crippen molar-refractivity contribution in [3.63, 3.8) is 0 Å². The minimum absolute atomic E-state index is 0.0815. The van der Waals surface area contributed by atoms with E-state index in [4.69, 9.17) is 0 Å². The van der Waals surface area contributed by atoms with Gasteiger partial charge in [0.2, 0.25) is 0 Å². The minimum Gasteiger partial charge on any atom is -0.351 e. The Labute approximate surface area is 142 Å². The predicted octanol–water partition coefficient (Wildman–Crippen LogP) is 2.08. The van der Waals surface area contributed by atoms with Crippen molar-refractivity contribution in [2.24, 2.45) is 0 Å². The number of rotatable bonds is 6. The predicted molar refractivity (Wildman–Crippen MR) is 94.4 cm³/mol. The summed E-state index contributed by atoms with van der Waals surface area (Å²) in [4.78, 5) is 12.4. The number of carbonyl (C=O) groups excluding carboxylic acids is 1. The third-order valence-corrected chi connectivity index (χ3v) is 4.58. The molecule has 0 unspecified atom stereocenters. The SMILES string of the molecule is Cc1ccc(-n2ncc(C(=O)NCCS(C)(=O)=O)c2C(C)C)cc1. The van der Waals surface area contributed by atoms with Gasteiger partial charge in [-0.15, -0.1) is 0 Å². The van der Waals surface area contributed by atoms with Crippen LogP contribution in [0.4, 0.5) is 0 Å². The van der Waals surface area contributed by atoms with Crippen molar-refractivity contribution >= 4 is 15.7 Å². The van der Waals surface area contributed by atoms with Crippen molar-refractivity contribution in [3.8, 4) is 5.69 Å². The molecule has 24 heavy (non-hydrogen) atoms. The first-order valence-corrected chi connectivity index (χ1v) is 9.86. The van der Waals surface area contributed by atoms with Crippen LogP contribution in [-0.2, 0) is 9.84 Å². The van der Waals surface area contributed by atoms with Gasteiger partial charge >= 0.3 is 0 Å². The Balaban J connectivity index is 2.28. The van der Waals surface area contributed by atoms with Crippen LogP contribution in [0.15, 0.2) is 30.5 Å². The van der Waals surface area contributed by atoms with Gasteiger partial charge in [0, 0.05) is 12.8 Å². The van der Waals surface area contributed by atoms with Crippen molar-refractivity contribution in [1.29, 1.82) is 0 Å². The molecule has 0 spiro atoms. The molecule has 0 radical (unpaired) electrons. The third kappa shape index (κ3) is 4.44. The van der Waals surface area contributed by atoms with Crippen LogP contribution < -0.4 is 5.32 Å². The first kappa shape index (κ1) is 18.2. The Hall–Kier alpha value is -2.15. The smallest absolute Gasteiger partial charge is 0.254 e. The van der Waals surface area contributed by atoms with Gasteiger partial charge in [0.25, 0.3) is 5.91 Å².